The van der Waals surface area contributed by atoms with Gasteiger partial charge in [0.2, 0.25) is 16.9 Å². The first-order valence-electron chi connectivity index (χ1n) is 8.02. The quantitative estimate of drug-likeness (QED) is 0.871. The van der Waals surface area contributed by atoms with Crippen LogP contribution >= 0.6 is 11.8 Å². The molecule has 7 heteroatoms. The molecule has 0 saturated carbocycles. The summed E-state index contributed by atoms with van der Waals surface area (Å²) in [6, 6.07) is 5.78. The lowest BCUT2D eigenvalue weighted by Gasteiger charge is -2.17. The predicted molar refractivity (Wildman–Crippen MR) is 88.8 cm³/mol. The standard InChI is InChI=1S/C17H19FN2O3S/c18-13-3-1-11(2-4-13)5-7-20-10-12(9-15(20)21)16(22)19-14-6-8-24-17(14)23/h1-4,12,14H,5-10H2,(H,19,22)/t12-,14-/m1/s1. The molecule has 128 valence electrons. The average Bonchev–Trinajstić information content (AvgIpc) is 3.13. The van der Waals surface area contributed by atoms with Gasteiger partial charge in [-0.05, 0) is 30.5 Å². The molecule has 2 fully saturated rings. The van der Waals surface area contributed by atoms with Crippen molar-refractivity contribution in [3.8, 4) is 0 Å². The molecule has 0 unspecified atom stereocenters. The molecule has 5 nitrogen and oxygen atoms in total. The Labute approximate surface area is 144 Å². The molecule has 0 radical (unpaired) electrons. The van der Waals surface area contributed by atoms with Crippen molar-refractivity contribution in [3.63, 3.8) is 0 Å². The molecular formula is C17H19FN2O3S. The fourth-order valence-electron chi connectivity index (χ4n) is 3.00. The van der Waals surface area contributed by atoms with Gasteiger partial charge in [0, 0.05) is 25.3 Å². The van der Waals surface area contributed by atoms with Gasteiger partial charge in [-0.2, -0.15) is 0 Å². The summed E-state index contributed by atoms with van der Waals surface area (Å²) in [5.74, 6) is -0.216. The first-order valence-corrected chi connectivity index (χ1v) is 9.01. The van der Waals surface area contributed by atoms with Crippen LogP contribution in [0.25, 0.3) is 0 Å². The summed E-state index contributed by atoms with van der Waals surface area (Å²) in [5.41, 5.74) is 0.950. The Morgan fingerprint density at radius 1 is 1.29 bits per heavy atom. The Balaban J connectivity index is 1.50. The number of amides is 2. The summed E-state index contributed by atoms with van der Waals surface area (Å²) in [6.07, 6.45) is 1.46. The summed E-state index contributed by atoms with van der Waals surface area (Å²) < 4.78 is 12.9. The van der Waals surface area contributed by atoms with Crippen molar-refractivity contribution >= 4 is 28.7 Å². The SMILES string of the molecule is O=C(N[C@@H]1CCSC1=O)[C@@H]1CC(=O)N(CCc2ccc(F)cc2)C1. The van der Waals surface area contributed by atoms with E-state index >= 15 is 0 Å². The normalized spacial score (nSPS) is 23.8. The van der Waals surface area contributed by atoms with E-state index in [4.69, 9.17) is 0 Å². The fourth-order valence-corrected chi connectivity index (χ4v) is 3.93. The van der Waals surface area contributed by atoms with Crippen LogP contribution in [0.1, 0.15) is 18.4 Å². The van der Waals surface area contributed by atoms with E-state index in [-0.39, 0.29) is 29.2 Å². The Bertz CT molecular complexity index is 650. The van der Waals surface area contributed by atoms with Gasteiger partial charge in [0.05, 0.1) is 12.0 Å². The smallest absolute Gasteiger partial charge is 0.226 e. The number of nitrogens with one attached hydrogen (secondary N) is 1. The topological polar surface area (TPSA) is 66.5 Å². The van der Waals surface area contributed by atoms with Crippen LogP contribution in [0.2, 0.25) is 0 Å². The lowest BCUT2D eigenvalue weighted by Crippen LogP contribution is -2.41. The molecule has 0 bridgehead atoms. The van der Waals surface area contributed by atoms with E-state index in [0.717, 1.165) is 11.3 Å². The first kappa shape index (κ1) is 17.0. The number of rotatable bonds is 5. The van der Waals surface area contributed by atoms with Gasteiger partial charge in [0.25, 0.3) is 0 Å². The molecule has 2 saturated heterocycles. The molecule has 0 spiro atoms. The minimum absolute atomic E-state index is 0.000777. The molecule has 2 heterocycles. The predicted octanol–water partition coefficient (Wildman–Crippen LogP) is 1.36. The van der Waals surface area contributed by atoms with Gasteiger partial charge in [-0.1, -0.05) is 23.9 Å². The van der Waals surface area contributed by atoms with Gasteiger partial charge in [-0.15, -0.1) is 0 Å². The number of likely N-dealkylation sites (tertiary alicyclic amines) is 1. The van der Waals surface area contributed by atoms with E-state index in [1.165, 1.54) is 23.9 Å². The highest BCUT2D eigenvalue weighted by Crippen LogP contribution is 2.22. The van der Waals surface area contributed by atoms with Crippen LogP contribution in [0, 0.1) is 11.7 Å². The maximum atomic E-state index is 12.9. The highest BCUT2D eigenvalue weighted by molar-refractivity contribution is 8.14. The lowest BCUT2D eigenvalue weighted by molar-refractivity contribution is -0.129. The number of thioether (sulfide) groups is 1. The maximum Gasteiger partial charge on any atom is 0.226 e. The Morgan fingerprint density at radius 3 is 2.71 bits per heavy atom. The second-order valence-electron chi connectivity index (χ2n) is 6.13. The average molecular weight is 350 g/mol. The van der Waals surface area contributed by atoms with Gasteiger partial charge in [0.1, 0.15) is 5.82 Å². The van der Waals surface area contributed by atoms with E-state index in [1.54, 1.807) is 17.0 Å². The van der Waals surface area contributed by atoms with Gasteiger partial charge in [-0.3, -0.25) is 14.4 Å². The number of hydrogen-bond acceptors (Lipinski definition) is 4. The van der Waals surface area contributed by atoms with Crippen molar-refractivity contribution in [1.82, 2.24) is 10.2 Å². The maximum absolute atomic E-state index is 12.9. The fraction of sp³-hybridized carbons (Fsp3) is 0.471. The van der Waals surface area contributed by atoms with Gasteiger partial charge < -0.3 is 10.2 Å². The summed E-state index contributed by atoms with van der Waals surface area (Å²) >= 11 is 1.24. The number of carbonyl (C=O) groups excluding carboxylic acids is 3. The van der Waals surface area contributed by atoms with E-state index in [2.05, 4.69) is 5.32 Å². The molecule has 2 aliphatic heterocycles. The van der Waals surface area contributed by atoms with Crippen molar-refractivity contribution in [2.24, 2.45) is 5.92 Å². The summed E-state index contributed by atoms with van der Waals surface area (Å²) in [4.78, 5) is 37.6. The van der Waals surface area contributed by atoms with Crippen LogP contribution in [0.5, 0.6) is 0 Å². The number of benzene rings is 1. The molecule has 3 rings (SSSR count). The third-order valence-electron chi connectivity index (χ3n) is 4.42. The zero-order valence-corrected chi connectivity index (χ0v) is 14.0. The van der Waals surface area contributed by atoms with Crippen molar-refractivity contribution in [1.29, 1.82) is 0 Å². The minimum atomic E-state index is -0.411. The summed E-state index contributed by atoms with van der Waals surface area (Å²) in [6.45, 7) is 0.881. The number of nitrogens with zero attached hydrogens (tertiary/aromatic N) is 1. The van der Waals surface area contributed by atoms with Crippen LogP contribution in [-0.4, -0.2) is 46.7 Å². The third kappa shape index (κ3) is 3.95. The highest BCUT2D eigenvalue weighted by Gasteiger charge is 2.36. The molecule has 1 aromatic carbocycles. The van der Waals surface area contributed by atoms with E-state index in [0.29, 0.717) is 25.9 Å². The molecule has 24 heavy (non-hydrogen) atoms. The van der Waals surface area contributed by atoms with Crippen LogP contribution in [0.3, 0.4) is 0 Å². The largest absolute Gasteiger partial charge is 0.345 e. The molecule has 2 atom stereocenters. The van der Waals surface area contributed by atoms with Crippen LogP contribution < -0.4 is 5.32 Å². The monoisotopic (exact) mass is 350 g/mol. The zero-order chi connectivity index (χ0) is 17.1. The molecular weight excluding hydrogens is 331 g/mol. The van der Waals surface area contributed by atoms with Crippen molar-refractivity contribution < 1.29 is 18.8 Å². The molecule has 0 aromatic heterocycles. The lowest BCUT2D eigenvalue weighted by atomic mass is 10.1. The van der Waals surface area contributed by atoms with Crippen LogP contribution in [-0.2, 0) is 20.8 Å². The molecule has 0 aliphatic carbocycles. The zero-order valence-electron chi connectivity index (χ0n) is 13.2. The second-order valence-corrected chi connectivity index (χ2v) is 7.23. The van der Waals surface area contributed by atoms with Crippen molar-refractivity contribution in [3.05, 3.63) is 35.6 Å². The van der Waals surface area contributed by atoms with E-state index < -0.39 is 12.0 Å². The summed E-state index contributed by atoms with van der Waals surface area (Å²) in [7, 11) is 0. The summed E-state index contributed by atoms with van der Waals surface area (Å²) in [5, 5.41) is 2.76. The van der Waals surface area contributed by atoms with Crippen molar-refractivity contribution in [2.45, 2.75) is 25.3 Å². The number of halogens is 1. The van der Waals surface area contributed by atoms with Gasteiger partial charge in [-0.25, -0.2) is 4.39 Å². The van der Waals surface area contributed by atoms with Crippen LogP contribution in [0.4, 0.5) is 4.39 Å². The second kappa shape index (κ2) is 7.34. The molecule has 1 aromatic rings. The number of hydrogen-bond donors (Lipinski definition) is 1. The Kier molecular flexibility index (Phi) is 5.18. The Hall–Kier alpha value is -1.89. The highest BCUT2D eigenvalue weighted by atomic mass is 32.2. The molecule has 1 N–H and O–H groups in total. The Morgan fingerprint density at radius 2 is 2.04 bits per heavy atom. The van der Waals surface area contributed by atoms with Gasteiger partial charge >= 0.3 is 0 Å². The third-order valence-corrected chi connectivity index (χ3v) is 5.43. The number of carbonyl (C=O) groups is 3. The minimum Gasteiger partial charge on any atom is -0.345 e. The van der Waals surface area contributed by atoms with Gasteiger partial charge in [0.15, 0.2) is 0 Å². The molecule has 2 amide bonds. The van der Waals surface area contributed by atoms with Crippen molar-refractivity contribution in [2.75, 3.05) is 18.8 Å². The first-order chi connectivity index (χ1) is 11.5. The van der Waals surface area contributed by atoms with E-state index in [9.17, 15) is 18.8 Å². The molecule has 2 aliphatic rings. The van der Waals surface area contributed by atoms with Crippen LogP contribution in [0.15, 0.2) is 24.3 Å². The van der Waals surface area contributed by atoms with E-state index in [1.807, 2.05) is 0 Å².